The normalized spacial score (nSPS) is 15.4. The summed E-state index contributed by atoms with van der Waals surface area (Å²) >= 11 is 0. The van der Waals surface area contributed by atoms with Gasteiger partial charge in [-0.3, -0.25) is 9.79 Å². The number of halogens is 1. The zero-order valence-corrected chi connectivity index (χ0v) is 17.2. The summed E-state index contributed by atoms with van der Waals surface area (Å²) in [4.78, 5) is 19.9. The van der Waals surface area contributed by atoms with E-state index in [4.69, 9.17) is 0 Å². The van der Waals surface area contributed by atoms with Crippen LogP contribution in [0.1, 0.15) is 44.6 Å². The summed E-state index contributed by atoms with van der Waals surface area (Å²) < 4.78 is 13.3. The molecule has 0 bridgehead atoms. The van der Waals surface area contributed by atoms with Crippen LogP contribution in [0.4, 0.5) is 4.39 Å². The number of nitrogens with one attached hydrogen (secondary N) is 4. The number of guanidine groups is 1. The monoisotopic (exact) mass is 401 g/mol. The molecule has 6 nitrogen and oxygen atoms in total. The van der Waals surface area contributed by atoms with Crippen LogP contribution in [-0.2, 0) is 11.2 Å². The quantitative estimate of drug-likeness (QED) is 0.312. The van der Waals surface area contributed by atoms with Crippen molar-refractivity contribution >= 4 is 22.8 Å². The number of aromatic amines is 1. The average Bonchev–Trinajstić information content (AvgIpc) is 3.13. The summed E-state index contributed by atoms with van der Waals surface area (Å²) in [5, 5.41) is 10.6. The lowest BCUT2D eigenvalue weighted by atomic mass is 9.89. The lowest BCUT2D eigenvalue weighted by Gasteiger charge is -2.21. The molecule has 0 saturated heterocycles. The molecule has 1 amide bonds. The number of rotatable bonds is 8. The minimum absolute atomic E-state index is 0.184. The van der Waals surface area contributed by atoms with Crippen LogP contribution in [0.3, 0.4) is 0 Å². The van der Waals surface area contributed by atoms with Crippen molar-refractivity contribution in [3.05, 3.63) is 35.8 Å². The number of hydrogen-bond donors (Lipinski definition) is 4. The second-order valence-electron chi connectivity index (χ2n) is 7.57. The molecular formula is C22H32FN5O. The van der Waals surface area contributed by atoms with Gasteiger partial charge < -0.3 is 20.9 Å². The van der Waals surface area contributed by atoms with Gasteiger partial charge in [-0.15, -0.1) is 0 Å². The average molecular weight is 402 g/mol. The van der Waals surface area contributed by atoms with Crippen LogP contribution in [0.2, 0.25) is 0 Å². The molecule has 1 aliphatic rings. The summed E-state index contributed by atoms with van der Waals surface area (Å²) in [6.45, 7) is 4.64. The second kappa shape index (κ2) is 10.8. The Labute approximate surface area is 171 Å². The van der Waals surface area contributed by atoms with Gasteiger partial charge in [0.15, 0.2) is 5.96 Å². The number of H-pyrrole nitrogens is 1. The van der Waals surface area contributed by atoms with E-state index >= 15 is 0 Å². The van der Waals surface area contributed by atoms with E-state index in [0.717, 1.165) is 48.2 Å². The molecule has 29 heavy (non-hydrogen) atoms. The third-order valence-corrected chi connectivity index (χ3v) is 5.42. The first-order valence-corrected chi connectivity index (χ1v) is 10.7. The van der Waals surface area contributed by atoms with E-state index in [9.17, 15) is 9.18 Å². The van der Waals surface area contributed by atoms with Crippen LogP contribution in [0, 0.1) is 11.7 Å². The standard InChI is InChI=1S/C22H32FN5O/c1-2-24-22(27-13-12-25-21(29)16-6-4-3-5-7-16)26-11-10-17-15-28-20-14-18(23)8-9-19(17)20/h8-9,14-16,28H,2-7,10-13H2,1H3,(H,25,29)(H2,24,26,27). The number of benzene rings is 1. The first kappa shape index (κ1) is 21.1. The van der Waals surface area contributed by atoms with E-state index in [-0.39, 0.29) is 17.6 Å². The van der Waals surface area contributed by atoms with Crippen LogP contribution in [0.25, 0.3) is 10.9 Å². The van der Waals surface area contributed by atoms with Crippen LogP contribution in [-0.4, -0.2) is 43.0 Å². The number of aromatic nitrogens is 1. The van der Waals surface area contributed by atoms with Crippen molar-refractivity contribution in [3.63, 3.8) is 0 Å². The van der Waals surface area contributed by atoms with Crippen LogP contribution in [0.15, 0.2) is 29.4 Å². The number of aliphatic imine (C=N–C) groups is 1. The molecule has 3 rings (SSSR count). The van der Waals surface area contributed by atoms with Gasteiger partial charge in [-0.2, -0.15) is 0 Å². The molecule has 1 fully saturated rings. The molecule has 1 saturated carbocycles. The number of carbonyl (C=O) groups is 1. The van der Waals surface area contributed by atoms with Crippen molar-refractivity contribution in [2.45, 2.75) is 45.4 Å². The molecule has 0 spiro atoms. The fraction of sp³-hybridized carbons (Fsp3) is 0.545. The molecule has 0 aliphatic heterocycles. The molecule has 1 aromatic carbocycles. The zero-order chi connectivity index (χ0) is 20.5. The number of amides is 1. The highest BCUT2D eigenvalue weighted by Gasteiger charge is 2.20. The van der Waals surface area contributed by atoms with Crippen molar-refractivity contribution < 1.29 is 9.18 Å². The summed E-state index contributed by atoms with van der Waals surface area (Å²) in [6, 6.07) is 4.80. The van der Waals surface area contributed by atoms with Gasteiger partial charge in [0.2, 0.25) is 5.91 Å². The van der Waals surface area contributed by atoms with E-state index in [1.54, 1.807) is 6.07 Å². The highest BCUT2D eigenvalue weighted by molar-refractivity contribution is 5.83. The van der Waals surface area contributed by atoms with Crippen molar-refractivity contribution in [2.24, 2.45) is 10.9 Å². The Morgan fingerprint density at radius 2 is 1.97 bits per heavy atom. The third kappa shape index (κ3) is 6.21. The van der Waals surface area contributed by atoms with E-state index in [2.05, 4.69) is 25.9 Å². The fourth-order valence-corrected chi connectivity index (χ4v) is 3.87. The lowest BCUT2D eigenvalue weighted by molar-refractivity contribution is -0.125. The molecule has 1 aliphatic carbocycles. The molecule has 0 unspecified atom stereocenters. The molecule has 2 aromatic rings. The van der Waals surface area contributed by atoms with Crippen molar-refractivity contribution in [2.75, 3.05) is 26.2 Å². The topological polar surface area (TPSA) is 81.3 Å². The maximum Gasteiger partial charge on any atom is 0.223 e. The minimum atomic E-state index is -0.238. The van der Waals surface area contributed by atoms with Gasteiger partial charge >= 0.3 is 0 Å². The Bertz CT molecular complexity index is 826. The predicted octanol–water partition coefficient (Wildman–Crippen LogP) is 3.10. The Kier molecular flexibility index (Phi) is 7.90. The largest absolute Gasteiger partial charge is 0.361 e. The van der Waals surface area contributed by atoms with Gasteiger partial charge in [0.05, 0.1) is 0 Å². The molecule has 1 heterocycles. The van der Waals surface area contributed by atoms with Crippen molar-refractivity contribution in [3.8, 4) is 0 Å². The molecule has 158 valence electrons. The maximum atomic E-state index is 13.3. The molecule has 0 radical (unpaired) electrons. The second-order valence-corrected chi connectivity index (χ2v) is 7.57. The first-order valence-electron chi connectivity index (χ1n) is 10.7. The third-order valence-electron chi connectivity index (χ3n) is 5.42. The van der Waals surface area contributed by atoms with E-state index in [0.29, 0.717) is 19.6 Å². The number of nitrogens with zero attached hydrogens (tertiary/aromatic N) is 1. The smallest absolute Gasteiger partial charge is 0.223 e. The zero-order valence-electron chi connectivity index (χ0n) is 17.2. The summed E-state index contributed by atoms with van der Waals surface area (Å²) in [5.74, 6) is 0.878. The summed E-state index contributed by atoms with van der Waals surface area (Å²) in [7, 11) is 0. The Hall–Kier alpha value is -2.57. The Balaban J connectivity index is 1.43. The Morgan fingerprint density at radius 1 is 1.17 bits per heavy atom. The molecular weight excluding hydrogens is 369 g/mol. The summed E-state index contributed by atoms with van der Waals surface area (Å²) in [6.07, 6.45) is 8.30. The predicted molar refractivity (Wildman–Crippen MR) is 116 cm³/mol. The molecule has 1 aromatic heterocycles. The van der Waals surface area contributed by atoms with Gasteiger partial charge in [0.1, 0.15) is 5.82 Å². The first-order chi connectivity index (χ1) is 14.2. The van der Waals surface area contributed by atoms with Crippen LogP contribution >= 0.6 is 0 Å². The highest BCUT2D eigenvalue weighted by atomic mass is 19.1. The van der Waals surface area contributed by atoms with Gasteiger partial charge in [-0.1, -0.05) is 19.3 Å². The molecule has 0 atom stereocenters. The van der Waals surface area contributed by atoms with Crippen LogP contribution < -0.4 is 16.0 Å². The number of carbonyl (C=O) groups excluding carboxylic acids is 1. The summed E-state index contributed by atoms with van der Waals surface area (Å²) in [5.41, 5.74) is 1.93. The van der Waals surface area contributed by atoms with E-state index in [1.807, 2.05) is 13.1 Å². The van der Waals surface area contributed by atoms with Crippen LogP contribution in [0.5, 0.6) is 0 Å². The minimum Gasteiger partial charge on any atom is -0.361 e. The maximum absolute atomic E-state index is 13.3. The number of hydrogen-bond acceptors (Lipinski definition) is 2. The fourth-order valence-electron chi connectivity index (χ4n) is 3.87. The van der Waals surface area contributed by atoms with Gasteiger partial charge in [0.25, 0.3) is 0 Å². The van der Waals surface area contributed by atoms with Gasteiger partial charge in [-0.25, -0.2) is 4.39 Å². The highest BCUT2D eigenvalue weighted by Crippen LogP contribution is 2.23. The van der Waals surface area contributed by atoms with Crippen molar-refractivity contribution in [1.29, 1.82) is 0 Å². The SMILES string of the molecule is CCNC(=NCCc1c[nH]c2cc(F)ccc12)NCCNC(=O)C1CCCCC1. The molecule has 4 N–H and O–H groups in total. The van der Waals surface area contributed by atoms with E-state index in [1.165, 1.54) is 31.4 Å². The van der Waals surface area contributed by atoms with Crippen molar-refractivity contribution in [1.82, 2.24) is 20.9 Å². The molecule has 7 heteroatoms. The van der Waals surface area contributed by atoms with E-state index < -0.39 is 0 Å². The lowest BCUT2D eigenvalue weighted by Crippen LogP contribution is -2.42. The van der Waals surface area contributed by atoms with Gasteiger partial charge in [-0.05, 0) is 49.9 Å². The Morgan fingerprint density at radius 3 is 2.76 bits per heavy atom. The van der Waals surface area contributed by atoms with Gasteiger partial charge in [0, 0.05) is 49.2 Å². The number of fused-ring (bicyclic) bond motifs is 1.